The molecule has 1 aromatic heterocycles. The Morgan fingerprint density at radius 2 is 1.90 bits per heavy atom. The zero-order valence-electron chi connectivity index (χ0n) is 11.5. The second kappa shape index (κ2) is 5.32. The van der Waals surface area contributed by atoms with Gasteiger partial charge in [-0.1, -0.05) is 25.1 Å². The van der Waals surface area contributed by atoms with Crippen LogP contribution in [0.4, 0.5) is 0 Å². The average molecular weight is 282 g/mol. The van der Waals surface area contributed by atoms with Crippen LogP contribution in [0.2, 0.25) is 0 Å². The number of fused-ring (bicyclic) bond motifs is 1. The van der Waals surface area contributed by atoms with Gasteiger partial charge < -0.3 is 14.3 Å². The van der Waals surface area contributed by atoms with E-state index in [2.05, 4.69) is 0 Å². The minimum Gasteiger partial charge on any atom is -0.475 e. The molecule has 2 aromatic carbocycles. The number of para-hydroxylation sites is 1. The van der Waals surface area contributed by atoms with Crippen LogP contribution in [0, 0.1) is 0 Å². The van der Waals surface area contributed by atoms with Crippen LogP contribution in [-0.2, 0) is 6.42 Å². The lowest BCUT2D eigenvalue weighted by Gasteiger charge is -2.05. The molecule has 1 N–H and O–H groups in total. The van der Waals surface area contributed by atoms with E-state index in [0.717, 1.165) is 11.1 Å². The Kier molecular flexibility index (Phi) is 3.36. The van der Waals surface area contributed by atoms with Crippen molar-refractivity contribution in [2.75, 3.05) is 0 Å². The smallest absolute Gasteiger partial charge is 0.372 e. The highest BCUT2D eigenvalue weighted by atomic mass is 16.5. The fourth-order valence-corrected chi connectivity index (χ4v) is 2.34. The van der Waals surface area contributed by atoms with Crippen molar-refractivity contribution in [1.82, 2.24) is 0 Å². The number of aromatic carboxylic acids is 1. The normalized spacial score (nSPS) is 10.7. The molecule has 3 aromatic rings. The van der Waals surface area contributed by atoms with Gasteiger partial charge in [-0.25, -0.2) is 4.79 Å². The summed E-state index contributed by atoms with van der Waals surface area (Å²) in [5.41, 5.74) is 1.25. The lowest BCUT2D eigenvalue weighted by molar-refractivity contribution is 0.0663. The topological polar surface area (TPSA) is 59.7 Å². The third kappa shape index (κ3) is 2.48. The molecule has 0 amide bonds. The van der Waals surface area contributed by atoms with Gasteiger partial charge in [0.1, 0.15) is 17.1 Å². The standard InChI is InChI=1S/C17H14O4/c1-2-13-14-10-12(20-11-6-4-3-5-7-11)8-9-15(14)21-16(13)17(18)19/h3-10H,2H2,1H3,(H,18,19). The van der Waals surface area contributed by atoms with Gasteiger partial charge in [0, 0.05) is 10.9 Å². The molecule has 4 nitrogen and oxygen atoms in total. The summed E-state index contributed by atoms with van der Waals surface area (Å²) < 4.78 is 11.2. The van der Waals surface area contributed by atoms with Gasteiger partial charge >= 0.3 is 5.97 Å². The molecule has 21 heavy (non-hydrogen) atoms. The molecule has 0 aliphatic heterocycles. The van der Waals surface area contributed by atoms with Crippen LogP contribution in [0.1, 0.15) is 23.0 Å². The summed E-state index contributed by atoms with van der Waals surface area (Å²) in [7, 11) is 0. The van der Waals surface area contributed by atoms with E-state index >= 15 is 0 Å². The fraction of sp³-hybridized carbons (Fsp3) is 0.118. The molecule has 0 spiro atoms. The van der Waals surface area contributed by atoms with Gasteiger partial charge in [0.05, 0.1) is 0 Å². The van der Waals surface area contributed by atoms with Crippen LogP contribution in [0.15, 0.2) is 52.9 Å². The number of ether oxygens (including phenoxy) is 1. The van der Waals surface area contributed by atoms with Gasteiger partial charge in [-0.3, -0.25) is 0 Å². The number of furan rings is 1. The zero-order valence-corrected chi connectivity index (χ0v) is 11.5. The van der Waals surface area contributed by atoms with E-state index in [1.54, 1.807) is 12.1 Å². The largest absolute Gasteiger partial charge is 0.475 e. The number of hydrogen-bond donors (Lipinski definition) is 1. The average Bonchev–Trinajstić information content (AvgIpc) is 2.86. The lowest BCUT2D eigenvalue weighted by atomic mass is 10.1. The summed E-state index contributed by atoms with van der Waals surface area (Å²) >= 11 is 0. The minimum absolute atomic E-state index is 0.00404. The Bertz CT molecular complexity index is 787. The van der Waals surface area contributed by atoms with Crippen molar-refractivity contribution in [3.05, 3.63) is 59.9 Å². The van der Waals surface area contributed by atoms with Gasteiger partial charge in [0.25, 0.3) is 0 Å². The summed E-state index contributed by atoms with van der Waals surface area (Å²) in [5.74, 6) is 0.343. The van der Waals surface area contributed by atoms with Crippen LogP contribution in [0.5, 0.6) is 11.5 Å². The highest BCUT2D eigenvalue weighted by Crippen LogP contribution is 2.31. The molecule has 0 aliphatic carbocycles. The molecular formula is C17H14O4. The van der Waals surface area contributed by atoms with Crippen LogP contribution < -0.4 is 4.74 Å². The van der Waals surface area contributed by atoms with Gasteiger partial charge in [-0.2, -0.15) is 0 Å². The van der Waals surface area contributed by atoms with Crippen molar-refractivity contribution in [2.24, 2.45) is 0 Å². The van der Waals surface area contributed by atoms with Crippen molar-refractivity contribution in [3.63, 3.8) is 0 Å². The Morgan fingerprint density at radius 1 is 1.14 bits per heavy atom. The van der Waals surface area contributed by atoms with Crippen LogP contribution in [-0.4, -0.2) is 11.1 Å². The second-order valence-electron chi connectivity index (χ2n) is 4.64. The predicted molar refractivity (Wildman–Crippen MR) is 79.1 cm³/mol. The quantitative estimate of drug-likeness (QED) is 0.766. The van der Waals surface area contributed by atoms with Gasteiger partial charge in [0.2, 0.25) is 5.76 Å². The third-order valence-electron chi connectivity index (χ3n) is 3.29. The SMILES string of the molecule is CCc1c(C(=O)O)oc2ccc(Oc3ccccc3)cc12. The predicted octanol–water partition coefficient (Wildman–Crippen LogP) is 4.49. The van der Waals surface area contributed by atoms with E-state index in [1.165, 1.54) is 0 Å². The van der Waals surface area contributed by atoms with E-state index in [9.17, 15) is 9.90 Å². The van der Waals surface area contributed by atoms with Crippen molar-refractivity contribution in [2.45, 2.75) is 13.3 Å². The molecule has 0 saturated carbocycles. The highest BCUT2D eigenvalue weighted by Gasteiger charge is 2.18. The van der Waals surface area contributed by atoms with Gasteiger partial charge in [0.15, 0.2) is 0 Å². The number of benzene rings is 2. The van der Waals surface area contributed by atoms with Gasteiger partial charge in [-0.05, 0) is 36.8 Å². The van der Waals surface area contributed by atoms with E-state index in [4.69, 9.17) is 9.15 Å². The van der Waals surface area contributed by atoms with Crippen LogP contribution >= 0.6 is 0 Å². The molecule has 0 fully saturated rings. The van der Waals surface area contributed by atoms with Crippen molar-refractivity contribution >= 4 is 16.9 Å². The molecule has 0 radical (unpaired) electrons. The summed E-state index contributed by atoms with van der Waals surface area (Å²) in [5, 5.41) is 9.96. The number of carboxylic acid groups (broad SMARTS) is 1. The fourth-order valence-electron chi connectivity index (χ4n) is 2.34. The second-order valence-corrected chi connectivity index (χ2v) is 4.64. The third-order valence-corrected chi connectivity index (χ3v) is 3.29. The Morgan fingerprint density at radius 3 is 2.57 bits per heavy atom. The molecule has 0 aliphatic rings. The molecule has 1 heterocycles. The summed E-state index contributed by atoms with van der Waals surface area (Å²) in [6.07, 6.45) is 0.587. The van der Waals surface area contributed by atoms with E-state index < -0.39 is 5.97 Å². The maximum absolute atomic E-state index is 11.2. The van der Waals surface area contributed by atoms with Crippen molar-refractivity contribution < 1.29 is 19.1 Å². The lowest BCUT2D eigenvalue weighted by Crippen LogP contribution is -1.97. The monoisotopic (exact) mass is 282 g/mol. The first-order chi connectivity index (χ1) is 10.2. The zero-order chi connectivity index (χ0) is 14.8. The molecular weight excluding hydrogens is 268 g/mol. The first-order valence-electron chi connectivity index (χ1n) is 6.70. The Balaban J connectivity index is 2.05. The molecule has 106 valence electrons. The summed E-state index contributed by atoms with van der Waals surface area (Å²) in [4.78, 5) is 11.2. The molecule has 3 rings (SSSR count). The van der Waals surface area contributed by atoms with Crippen molar-refractivity contribution in [3.8, 4) is 11.5 Å². The van der Waals surface area contributed by atoms with E-state index in [1.807, 2.05) is 43.3 Å². The molecule has 0 saturated heterocycles. The first-order valence-corrected chi connectivity index (χ1v) is 6.70. The van der Waals surface area contributed by atoms with Crippen LogP contribution in [0.25, 0.3) is 11.0 Å². The number of aryl methyl sites for hydroxylation is 1. The van der Waals surface area contributed by atoms with Crippen molar-refractivity contribution in [1.29, 1.82) is 0 Å². The summed E-state index contributed by atoms with van der Waals surface area (Å²) in [6, 6.07) is 14.8. The number of hydrogen-bond acceptors (Lipinski definition) is 3. The number of rotatable bonds is 4. The number of carbonyl (C=O) groups is 1. The van der Waals surface area contributed by atoms with Gasteiger partial charge in [-0.15, -0.1) is 0 Å². The molecule has 0 atom stereocenters. The van der Waals surface area contributed by atoms with Crippen LogP contribution in [0.3, 0.4) is 0 Å². The van der Waals surface area contributed by atoms with E-state index in [-0.39, 0.29) is 5.76 Å². The molecule has 0 unspecified atom stereocenters. The Hall–Kier alpha value is -2.75. The maximum atomic E-state index is 11.2. The maximum Gasteiger partial charge on any atom is 0.372 e. The molecule has 0 bridgehead atoms. The highest BCUT2D eigenvalue weighted by molar-refractivity contribution is 5.95. The summed E-state index contributed by atoms with van der Waals surface area (Å²) in [6.45, 7) is 1.90. The van der Waals surface area contributed by atoms with E-state index in [0.29, 0.717) is 23.3 Å². The minimum atomic E-state index is -1.05. The Labute approximate surface area is 121 Å². The first kappa shape index (κ1) is 13.2. The number of carboxylic acids is 1. The molecule has 4 heteroatoms.